The number of hydrogen-bond acceptors (Lipinski definition) is 6. The first-order chi connectivity index (χ1) is 26.7. The van der Waals surface area contributed by atoms with E-state index in [1.807, 2.05) is 91.0 Å². The molecule has 10 rings (SSSR count). The Kier molecular flexibility index (Phi) is 7.94. The fourth-order valence-corrected chi connectivity index (χ4v) is 8.46. The zero-order valence-corrected chi connectivity index (χ0v) is 29.7. The first kappa shape index (κ1) is 32.0. The molecular weight excluding hydrogens is 661 g/mol. The second-order valence-corrected chi connectivity index (χ2v) is 14.2. The lowest BCUT2D eigenvalue weighted by Crippen LogP contribution is -2.27. The van der Waals surface area contributed by atoms with E-state index in [9.17, 15) is 0 Å². The van der Waals surface area contributed by atoms with Gasteiger partial charge in [0.25, 0.3) is 0 Å². The van der Waals surface area contributed by atoms with Crippen molar-refractivity contribution >= 4 is 0 Å². The Hall–Kier alpha value is -6.66. The maximum atomic E-state index is 5.27. The molecule has 0 unspecified atom stereocenters. The van der Waals surface area contributed by atoms with Gasteiger partial charge in [0, 0.05) is 38.8 Å². The van der Waals surface area contributed by atoms with E-state index in [2.05, 4.69) is 66.7 Å². The maximum Gasteiger partial charge on any atom is 0.164 e. The van der Waals surface area contributed by atoms with Crippen molar-refractivity contribution in [2.45, 2.75) is 37.5 Å². The van der Waals surface area contributed by atoms with Gasteiger partial charge in [0.15, 0.2) is 34.9 Å². The summed E-state index contributed by atoms with van der Waals surface area (Å²) in [4.78, 5) is 30.5. The van der Waals surface area contributed by atoms with Crippen LogP contribution in [-0.2, 0) is 5.41 Å². The molecule has 258 valence electrons. The van der Waals surface area contributed by atoms with Gasteiger partial charge in [0.1, 0.15) is 0 Å². The molecule has 2 aliphatic rings. The molecule has 0 amide bonds. The summed E-state index contributed by atoms with van der Waals surface area (Å²) in [5.74, 6) is 3.71. The monoisotopic (exact) mass is 696 g/mol. The predicted molar refractivity (Wildman–Crippen MR) is 215 cm³/mol. The van der Waals surface area contributed by atoms with Gasteiger partial charge in [-0.05, 0) is 41.2 Å². The summed E-state index contributed by atoms with van der Waals surface area (Å²) in [5.41, 5.74) is 11.0. The highest BCUT2D eigenvalue weighted by Crippen LogP contribution is 2.57. The van der Waals surface area contributed by atoms with Gasteiger partial charge in [-0.25, -0.2) is 29.9 Å². The number of benzene rings is 6. The summed E-state index contributed by atoms with van der Waals surface area (Å²) >= 11 is 0. The molecule has 2 aromatic heterocycles. The highest BCUT2D eigenvalue weighted by atomic mass is 15.0. The zero-order chi connectivity index (χ0) is 35.9. The smallest absolute Gasteiger partial charge is 0.164 e. The van der Waals surface area contributed by atoms with Crippen LogP contribution >= 0.6 is 0 Å². The average molecular weight is 697 g/mol. The minimum atomic E-state index is 0.0361. The largest absolute Gasteiger partial charge is 0.208 e. The molecule has 0 bridgehead atoms. The lowest BCUT2D eigenvalue weighted by atomic mass is 9.68. The Morgan fingerprint density at radius 1 is 0.315 bits per heavy atom. The van der Waals surface area contributed by atoms with Crippen molar-refractivity contribution in [1.29, 1.82) is 0 Å². The third-order valence-electron chi connectivity index (χ3n) is 11.0. The molecule has 2 aliphatic carbocycles. The Morgan fingerprint density at radius 2 is 0.704 bits per heavy atom. The molecule has 6 nitrogen and oxygen atoms in total. The Labute approximate surface area is 314 Å². The Bertz CT molecular complexity index is 2580. The molecule has 0 radical (unpaired) electrons. The van der Waals surface area contributed by atoms with Crippen LogP contribution in [0.25, 0.3) is 79.5 Å². The zero-order valence-electron chi connectivity index (χ0n) is 29.7. The normalized spacial score (nSPS) is 14.1. The molecule has 2 heterocycles. The minimum Gasteiger partial charge on any atom is -0.208 e. The quantitative estimate of drug-likeness (QED) is 0.172. The van der Waals surface area contributed by atoms with Crippen LogP contribution in [0.3, 0.4) is 0 Å². The molecule has 6 heteroatoms. The molecular formula is C48H36N6. The van der Waals surface area contributed by atoms with Gasteiger partial charge >= 0.3 is 0 Å². The third kappa shape index (κ3) is 5.58. The summed E-state index contributed by atoms with van der Waals surface area (Å²) in [6.45, 7) is 0. The SMILES string of the molecule is c1ccc(-c2nc(-c3ccccc3)nc(-c3cccc(-c4nc(-c5ccccc5)nc(-c5cccc6c5-c5ccccc5C65CCCCC5)n4)c3)n2)cc1. The van der Waals surface area contributed by atoms with Crippen molar-refractivity contribution in [3.63, 3.8) is 0 Å². The second-order valence-electron chi connectivity index (χ2n) is 14.2. The van der Waals surface area contributed by atoms with E-state index in [0.29, 0.717) is 34.9 Å². The molecule has 0 saturated heterocycles. The van der Waals surface area contributed by atoms with Crippen molar-refractivity contribution in [3.8, 4) is 79.5 Å². The first-order valence-electron chi connectivity index (χ1n) is 18.8. The van der Waals surface area contributed by atoms with Gasteiger partial charge in [0.2, 0.25) is 0 Å². The third-order valence-corrected chi connectivity index (χ3v) is 11.0. The molecule has 0 atom stereocenters. The second kappa shape index (κ2) is 13.4. The van der Waals surface area contributed by atoms with Gasteiger partial charge in [-0.1, -0.05) is 171 Å². The summed E-state index contributed by atoms with van der Waals surface area (Å²) in [5, 5.41) is 0. The maximum absolute atomic E-state index is 5.27. The lowest BCUT2D eigenvalue weighted by Gasteiger charge is -2.36. The Morgan fingerprint density at radius 3 is 1.24 bits per heavy atom. The number of hydrogen-bond donors (Lipinski definition) is 0. The highest BCUT2D eigenvalue weighted by molar-refractivity contribution is 5.91. The molecule has 1 saturated carbocycles. The van der Waals surface area contributed by atoms with E-state index in [4.69, 9.17) is 29.9 Å². The van der Waals surface area contributed by atoms with Crippen LogP contribution in [0, 0.1) is 0 Å². The van der Waals surface area contributed by atoms with Gasteiger partial charge in [-0.15, -0.1) is 0 Å². The first-order valence-corrected chi connectivity index (χ1v) is 18.8. The topological polar surface area (TPSA) is 77.3 Å². The number of aromatic nitrogens is 6. The molecule has 6 aromatic carbocycles. The summed E-state index contributed by atoms with van der Waals surface area (Å²) in [7, 11) is 0. The van der Waals surface area contributed by atoms with E-state index >= 15 is 0 Å². The lowest BCUT2D eigenvalue weighted by molar-refractivity contribution is 0.353. The van der Waals surface area contributed by atoms with Crippen LogP contribution in [0.2, 0.25) is 0 Å². The van der Waals surface area contributed by atoms with E-state index in [-0.39, 0.29) is 5.41 Å². The minimum absolute atomic E-state index is 0.0361. The molecule has 1 fully saturated rings. The summed E-state index contributed by atoms with van der Waals surface area (Å²) < 4.78 is 0. The van der Waals surface area contributed by atoms with Crippen LogP contribution in [0.1, 0.15) is 43.2 Å². The van der Waals surface area contributed by atoms with Crippen molar-refractivity contribution in [2.24, 2.45) is 0 Å². The highest BCUT2D eigenvalue weighted by Gasteiger charge is 2.44. The molecule has 0 N–H and O–H groups in total. The average Bonchev–Trinajstić information content (AvgIpc) is 3.53. The van der Waals surface area contributed by atoms with Crippen LogP contribution in [0.5, 0.6) is 0 Å². The Balaban J connectivity index is 1.14. The number of nitrogens with zero attached hydrogens (tertiary/aromatic N) is 6. The molecule has 8 aromatic rings. The molecule has 0 aliphatic heterocycles. The number of fused-ring (bicyclic) bond motifs is 5. The van der Waals surface area contributed by atoms with Crippen molar-refractivity contribution in [3.05, 3.63) is 169 Å². The van der Waals surface area contributed by atoms with Crippen molar-refractivity contribution < 1.29 is 0 Å². The van der Waals surface area contributed by atoms with Crippen molar-refractivity contribution in [1.82, 2.24) is 29.9 Å². The van der Waals surface area contributed by atoms with Crippen molar-refractivity contribution in [2.75, 3.05) is 0 Å². The molecule has 54 heavy (non-hydrogen) atoms. The van der Waals surface area contributed by atoms with Gasteiger partial charge < -0.3 is 0 Å². The van der Waals surface area contributed by atoms with E-state index in [0.717, 1.165) is 33.4 Å². The summed E-state index contributed by atoms with van der Waals surface area (Å²) in [6, 6.07) is 54.2. The van der Waals surface area contributed by atoms with E-state index < -0.39 is 0 Å². The van der Waals surface area contributed by atoms with Gasteiger partial charge in [0.05, 0.1) is 0 Å². The van der Waals surface area contributed by atoms with Gasteiger partial charge in [-0.2, -0.15) is 0 Å². The van der Waals surface area contributed by atoms with E-state index in [1.54, 1.807) is 0 Å². The number of rotatable bonds is 6. The summed E-state index contributed by atoms with van der Waals surface area (Å²) in [6.07, 6.45) is 6.10. The van der Waals surface area contributed by atoms with Crippen LogP contribution in [0.15, 0.2) is 158 Å². The van der Waals surface area contributed by atoms with Gasteiger partial charge in [-0.3, -0.25) is 0 Å². The standard InChI is InChI=1S/C48H36N6/c1-5-17-32(18-6-1)42-49-43(33-19-7-2-8-20-33)51-45(50-42)35-23-15-24-36(31-35)46-52-44(34-21-9-3-10-22-34)53-47(54-46)38-26-16-28-40-41(38)37-25-11-12-27-39(37)48(40)29-13-4-14-30-48/h1-3,5-12,15-28,31H,4,13-14,29-30H2. The molecule has 1 spiro atoms. The van der Waals surface area contributed by atoms with Crippen LogP contribution in [0.4, 0.5) is 0 Å². The fourth-order valence-electron chi connectivity index (χ4n) is 8.46. The van der Waals surface area contributed by atoms with E-state index in [1.165, 1.54) is 54.4 Å². The fraction of sp³-hybridized carbons (Fsp3) is 0.125. The predicted octanol–water partition coefficient (Wildman–Crippen LogP) is 11.3. The van der Waals surface area contributed by atoms with Crippen LogP contribution in [-0.4, -0.2) is 29.9 Å². The van der Waals surface area contributed by atoms with Crippen LogP contribution < -0.4 is 0 Å².